The van der Waals surface area contributed by atoms with E-state index >= 15 is 0 Å². The van der Waals surface area contributed by atoms with Crippen LogP contribution in [0.3, 0.4) is 0 Å². The lowest BCUT2D eigenvalue weighted by Crippen LogP contribution is -2.26. The zero-order valence-corrected chi connectivity index (χ0v) is 14.2. The second-order valence-corrected chi connectivity index (χ2v) is 7.53. The van der Waals surface area contributed by atoms with Crippen LogP contribution >= 0.6 is 11.6 Å². The van der Waals surface area contributed by atoms with Gasteiger partial charge in [-0.25, -0.2) is 12.8 Å². The zero-order chi connectivity index (χ0) is 17.2. The molecule has 0 saturated carbocycles. The molecule has 0 fully saturated rings. The van der Waals surface area contributed by atoms with E-state index in [1.54, 1.807) is 0 Å². The van der Waals surface area contributed by atoms with Crippen LogP contribution in [0.1, 0.15) is 22.8 Å². The number of halogens is 2. The van der Waals surface area contributed by atoms with Gasteiger partial charge >= 0.3 is 0 Å². The van der Waals surface area contributed by atoms with E-state index in [1.165, 1.54) is 50.4 Å². The Kier molecular flexibility index (Phi) is 5.19. The summed E-state index contributed by atoms with van der Waals surface area (Å²) in [4.78, 5) is 11.3. The molecule has 0 aromatic heterocycles. The second-order valence-electron chi connectivity index (χ2n) is 5.08. The number of carbonyl (C=O) groups excluding carboxylic acids is 1. The molecule has 122 valence electrons. The van der Waals surface area contributed by atoms with Crippen molar-refractivity contribution < 1.29 is 17.6 Å². The smallest absolute Gasteiger partial charge is 0.243 e. The molecule has 0 amide bonds. The molecule has 0 saturated heterocycles. The standard InChI is InChI=1S/C16H15ClFNO3S/c1-11(20)12-4-7-15(8-5-12)23(21,22)19(2)10-13-3-6-14(18)9-16(13)17/h3-9H,10H2,1-2H3. The summed E-state index contributed by atoms with van der Waals surface area (Å²) in [5, 5.41) is 0.166. The molecule has 0 aliphatic carbocycles. The Morgan fingerprint density at radius 1 is 1.17 bits per heavy atom. The van der Waals surface area contributed by atoms with Gasteiger partial charge in [-0.05, 0) is 36.8 Å². The molecule has 0 unspecified atom stereocenters. The SMILES string of the molecule is CC(=O)c1ccc(S(=O)(=O)N(C)Cc2ccc(F)cc2Cl)cc1. The van der Waals surface area contributed by atoms with Crippen LogP contribution in [-0.2, 0) is 16.6 Å². The van der Waals surface area contributed by atoms with Crippen molar-refractivity contribution in [3.63, 3.8) is 0 Å². The van der Waals surface area contributed by atoms with Gasteiger partial charge in [0.1, 0.15) is 5.82 Å². The molecule has 4 nitrogen and oxygen atoms in total. The van der Waals surface area contributed by atoms with E-state index in [0.29, 0.717) is 11.1 Å². The molecule has 0 aliphatic rings. The minimum atomic E-state index is -3.74. The van der Waals surface area contributed by atoms with Crippen molar-refractivity contribution in [2.24, 2.45) is 0 Å². The van der Waals surface area contributed by atoms with Crippen LogP contribution in [0.15, 0.2) is 47.4 Å². The maximum absolute atomic E-state index is 13.0. The van der Waals surface area contributed by atoms with Gasteiger partial charge in [0.05, 0.1) is 4.90 Å². The minimum Gasteiger partial charge on any atom is -0.295 e. The van der Waals surface area contributed by atoms with E-state index < -0.39 is 15.8 Å². The third kappa shape index (κ3) is 3.96. The molecule has 2 aromatic rings. The van der Waals surface area contributed by atoms with Crippen molar-refractivity contribution in [3.05, 3.63) is 64.4 Å². The van der Waals surface area contributed by atoms with E-state index in [4.69, 9.17) is 11.6 Å². The first kappa shape index (κ1) is 17.6. The normalized spacial score (nSPS) is 11.7. The Balaban J connectivity index is 2.26. The van der Waals surface area contributed by atoms with Gasteiger partial charge in [0.15, 0.2) is 5.78 Å². The van der Waals surface area contributed by atoms with Crippen LogP contribution in [0.2, 0.25) is 5.02 Å². The summed E-state index contributed by atoms with van der Waals surface area (Å²) in [6, 6.07) is 9.51. The highest BCUT2D eigenvalue weighted by Gasteiger charge is 2.22. The topological polar surface area (TPSA) is 54.5 Å². The Labute approximate surface area is 139 Å². The third-order valence-electron chi connectivity index (χ3n) is 3.38. The van der Waals surface area contributed by atoms with Crippen molar-refractivity contribution in [1.29, 1.82) is 0 Å². The van der Waals surface area contributed by atoms with Crippen molar-refractivity contribution in [1.82, 2.24) is 4.31 Å². The molecule has 0 aliphatic heterocycles. The fraction of sp³-hybridized carbons (Fsp3) is 0.188. The lowest BCUT2D eigenvalue weighted by atomic mass is 10.2. The summed E-state index contributed by atoms with van der Waals surface area (Å²) >= 11 is 5.93. The molecule has 7 heteroatoms. The van der Waals surface area contributed by atoms with Crippen LogP contribution in [0.5, 0.6) is 0 Å². The van der Waals surface area contributed by atoms with Crippen LogP contribution < -0.4 is 0 Å². The number of rotatable bonds is 5. The summed E-state index contributed by atoms with van der Waals surface area (Å²) in [5.41, 5.74) is 0.938. The fourth-order valence-electron chi connectivity index (χ4n) is 2.02. The summed E-state index contributed by atoms with van der Waals surface area (Å²) in [6.07, 6.45) is 0. The van der Waals surface area contributed by atoms with Gasteiger partial charge in [-0.1, -0.05) is 29.8 Å². The van der Waals surface area contributed by atoms with E-state index in [1.807, 2.05) is 0 Å². The Hall–Kier alpha value is -1.76. The summed E-state index contributed by atoms with van der Waals surface area (Å²) in [5.74, 6) is -0.621. The maximum atomic E-state index is 13.0. The van der Waals surface area contributed by atoms with Crippen LogP contribution in [0.25, 0.3) is 0 Å². The molecule has 0 bridgehead atoms. The fourth-order valence-corrected chi connectivity index (χ4v) is 3.39. The first-order valence-corrected chi connectivity index (χ1v) is 8.55. The number of hydrogen-bond donors (Lipinski definition) is 0. The lowest BCUT2D eigenvalue weighted by Gasteiger charge is -2.18. The van der Waals surface area contributed by atoms with E-state index in [0.717, 1.165) is 10.4 Å². The molecule has 23 heavy (non-hydrogen) atoms. The highest BCUT2D eigenvalue weighted by molar-refractivity contribution is 7.89. The molecule has 2 aromatic carbocycles. The van der Waals surface area contributed by atoms with E-state index in [2.05, 4.69) is 0 Å². The molecular formula is C16H15ClFNO3S. The molecule has 0 radical (unpaired) electrons. The molecule has 0 N–H and O–H groups in total. The third-order valence-corrected chi connectivity index (χ3v) is 5.55. The van der Waals surface area contributed by atoms with Crippen molar-refractivity contribution in [3.8, 4) is 0 Å². The maximum Gasteiger partial charge on any atom is 0.243 e. The number of Topliss-reactive ketones (excluding diaryl/α,β-unsaturated/α-hetero) is 1. The highest BCUT2D eigenvalue weighted by atomic mass is 35.5. The predicted molar refractivity (Wildman–Crippen MR) is 86.5 cm³/mol. The van der Waals surface area contributed by atoms with Crippen LogP contribution in [0.4, 0.5) is 4.39 Å². The number of sulfonamides is 1. The largest absolute Gasteiger partial charge is 0.295 e. The van der Waals surface area contributed by atoms with Crippen molar-refractivity contribution >= 4 is 27.4 Å². The minimum absolute atomic E-state index is 0.00983. The number of hydrogen-bond acceptors (Lipinski definition) is 3. The molecule has 0 heterocycles. The molecule has 2 rings (SSSR count). The zero-order valence-electron chi connectivity index (χ0n) is 12.6. The Morgan fingerprint density at radius 3 is 2.30 bits per heavy atom. The van der Waals surface area contributed by atoms with E-state index in [-0.39, 0.29) is 22.2 Å². The van der Waals surface area contributed by atoms with Gasteiger partial charge in [0.2, 0.25) is 10.0 Å². The van der Waals surface area contributed by atoms with Gasteiger partial charge in [0, 0.05) is 24.2 Å². The monoisotopic (exact) mass is 355 g/mol. The molecule has 0 spiro atoms. The molecular weight excluding hydrogens is 341 g/mol. The van der Waals surface area contributed by atoms with Gasteiger partial charge in [0.25, 0.3) is 0 Å². The number of carbonyl (C=O) groups is 1. The lowest BCUT2D eigenvalue weighted by molar-refractivity contribution is 0.101. The van der Waals surface area contributed by atoms with Crippen molar-refractivity contribution in [2.75, 3.05) is 7.05 Å². The number of ketones is 1. The number of nitrogens with zero attached hydrogens (tertiary/aromatic N) is 1. The first-order chi connectivity index (χ1) is 10.7. The van der Waals surface area contributed by atoms with E-state index in [9.17, 15) is 17.6 Å². The van der Waals surface area contributed by atoms with Crippen molar-refractivity contribution in [2.45, 2.75) is 18.4 Å². The van der Waals surface area contributed by atoms with Gasteiger partial charge < -0.3 is 0 Å². The van der Waals surface area contributed by atoms with Crippen LogP contribution in [0, 0.1) is 5.82 Å². The Bertz CT molecular complexity index is 835. The average Bonchev–Trinajstić information content (AvgIpc) is 2.50. The van der Waals surface area contributed by atoms with Gasteiger partial charge in [-0.3, -0.25) is 4.79 Å². The predicted octanol–water partition coefficient (Wildman–Crippen LogP) is 3.50. The van der Waals surface area contributed by atoms with Gasteiger partial charge in [-0.15, -0.1) is 0 Å². The van der Waals surface area contributed by atoms with Crippen LogP contribution in [-0.4, -0.2) is 25.6 Å². The first-order valence-electron chi connectivity index (χ1n) is 6.73. The summed E-state index contributed by atoms with van der Waals surface area (Å²) in [7, 11) is -2.33. The highest BCUT2D eigenvalue weighted by Crippen LogP contribution is 2.22. The average molecular weight is 356 g/mol. The Morgan fingerprint density at radius 2 is 1.78 bits per heavy atom. The summed E-state index contributed by atoms with van der Waals surface area (Å²) < 4.78 is 39.2. The molecule has 0 atom stereocenters. The summed E-state index contributed by atoms with van der Waals surface area (Å²) in [6.45, 7) is 1.42. The van der Waals surface area contributed by atoms with Gasteiger partial charge in [-0.2, -0.15) is 4.31 Å². The second kappa shape index (κ2) is 6.78. The quantitative estimate of drug-likeness (QED) is 0.771. The number of benzene rings is 2.